The van der Waals surface area contributed by atoms with Crippen LogP contribution in [0.3, 0.4) is 0 Å². The van der Waals surface area contributed by atoms with Gasteiger partial charge >= 0.3 is 0 Å². The molecule has 72 valence electrons. The lowest BCUT2D eigenvalue weighted by molar-refractivity contribution is 0.411. The average Bonchev–Trinajstić information content (AvgIpc) is 2.18. The third kappa shape index (κ3) is 3.22. The van der Waals surface area contributed by atoms with Crippen LogP contribution in [0.25, 0.3) is 0 Å². The van der Waals surface area contributed by atoms with Gasteiger partial charge in [0.15, 0.2) is 0 Å². The van der Waals surface area contributed by atoms with E-state index in [-0.39, 0.29) is 17.2 Å². The van der Waals surface area contributed by atoms with Crippen molar-refractivity contribution in [3.63, 3.8) is 0 Å². The topological polar surface area (TPSA) is 0 Å². The highest BCUT2D eigenvalue weighted by Gasteiger charge is 2.11. The molecular formula is C13H20. The minimum Gasteiger partial charge on any atom is -0.0599 e. The molecule has 0 heterocycles. The van der Waals surface area contributed by atoms with Gasteiger partial charge in [-0.2, -0.15) is 0 Å². The summed E-state index contributed by atoms with van der Waals surface area (Å²) in [5.41, 5.74) is 0.0130. The number of rotatable bonds is 1. The van der Waals surface area contributed by atoms with Crippen LogP contribution in [0.5, 0.6) is 0 Å². The third-order valence-corrected chi connectivity index (χ3v) is 1.67. The molecule has 0 saturated carbocycles. The molecule has 0 aliphatic heterocycles. The normalized spacial score (nSPS) is 20.6. The molecule has 0 heteroatoms. The Morgan fingerprint density at radius 3 is 2.69 bits per heavy atom. The van der Waals surface area contributed by atoms with Crippen molar-refractivity contribution in [3.05, 3.63) is 34.9 Å². The van der Waals surface area contributed by atoms with E-state index in [0.29, 0.717) is 5.56 Å². The van der Waals surface area contributed by atoms with Crippen molar-refractivity contribution in [1.29, 1.82) is 0 Å². The lowest BCUT2D eigenvalue weighted by Crippen LogP contribution is -2.09. The van der Waals surface area contributed by atoms with Crippen LogP contribution in [0.4, 0.5) is 0 Å². The van der Waals surface area contributed by atoms with Crippen molar-refractivity contribution in [2.75, 3.05) is 0 Å². The van der Waals surface area contributed by atoms with Crippen molar-refractivity contribution in [2.45, 2.75) is 40.9 Å². The van der Waals surface area contributed by atoms with Gasteiger partial charge in [0, 0.05) is 6.85 Å². The monoisotopic (exact) mass is 182 g/mol. The highest BCUT2D eigenvalue weighted by Crippen LogP contribution is 2.21. The maximum Gasteiger partial charge on any atom is 0.0626 e. The maximum atomic E-state index is 8.19. The molecule has 0 aliphatic rings. The summed E-state index contributed by atoms with van der Waals surface area (Å²) in [6.07, 6.45) is -1.70. The smallest absolute Gasteiger partial charge is 0.0599 e. The van der Waals surface area contributed by atoms with E-state index < -0.39 is 18.6 Å². The third-order valence-electron chi connectivity index (χ3n) is 1.67. The van der Waals surface area contributed by atoms with Gasteiger partial charge in [-0.3, -0.25) is 0 Å². The fourth-order valence-electron chi connectivity index (χ4n) is 1.07. The Kier molecular flexibility index (Phi) is 1.26. The van der Waals surface area contributed by atoms with Crippen molar-refractivity contribution in [1.82, 2.24) is 0 Å². The molecule has 1 aromatic rings. The van der Waals surface area contributed by atoms with E-state index in [1.807, 2.05) is 0 Å². The fraction of sp³-hybridized carbons (Fsp3) is 0.538. The summed E-state index contributed by atoms with van der Waals surface area (Å²) in [6, 6.07) is 2.87. The Hall–Kier alpha value is -0.780. The number of hydrogen-bond acceptors (Lipinski definition) is 0. The molecule has 0 N–H and O–H groups in total. The Balaban J connectivity index is 3.54. The fourth-order valence-corrected chi connectivity index (χ4v) is 1.07. The summed E-state index contributed by atoms with van der Waals surface area (Å²) in [5, 5.41) is 0. The van der Waals surface area contributed by atoms with Crippen molar-refractivity contribution >= 4 is 0 Å². The van der Waals surface area contributed by atoms with E-state index in [2.05, 4.69) is 0 Å². The molecule has 0 atom stereocenters. The number of benzene rings is 1. The molecule has 0 bridgehead atoms. The zero-order valence-electron chi connectivity index (χ0n) is 14.7. The van der Waals surface area contributed by atoms with Gasteiger partial charge < -0.3 is 0 Å². The Labute approximate surface area is 90.4 Å². The zero-order chi connectivity index (χ0) is 15.2. The quantitative estimate of drug-likeness (QED) is 0.618. The number of hydrogen-bond donors (Lipinski definition) is 0. The molecule has 0 saturated heterocycles. The molecule has 0 amide bonds. The molecule has 13 heavy (non-hydrogen) atoms. The lowest BCUT2D eigenvalue weighted by atomic mass is 9.87. The predicted octanol–water partition coefficient (Wildman–Crippen LogP) is 3.89. The van der Waals surface area contributed by atoms with Gasteiger partial charge in [-0.1, -0.05) is 38.9 Å². The molecule has 1 rings (SSSR count). The van der Waals surface area contributed by atoms with Crippen molar-refractivity contribution < 1.29 is 8.22 Å². The first-order valence-corrected chi connectivity index (χ1v) is 4.40. The molecule has 0 aromatic heterocycles. The van der Waals surface area contributed by atoms with Crippen molar-refractivity contribution in [3.8, 4) is 0 Å². The Bertz CT molecular complexity index is 479. The predicted molar refractivity (Wildman–Crippen MR) is 59.1 cm³/mol. The molecule has 1 aromatic carbocycles. The zero-order valence-corrected chi connectivity index (χ0v) is 8.65. The summed E-state index contributed by atoms with van der Waals surface area (Å²) in [4.78, 5) is 0. The Morgan fingerprint density at radius 2 is 2.15 bits per heavy atom. The molecule has 0 radical (unpaired) electrons. The molecule has 0 nitrogen and oxygen atoms in total. The second-order valence-corrected chi connectivity index (χ2v) is 4.30. The largest absolute Gasteiger partial charge is 0.0626 e. The van der Waals surface area contributed by atoms with Gasteiger partial charge in [0.05, 0.1) is 1.37 Å². The average molecular weight is 182 g/mol. The summed E-state index contributed by atoms with van der Waals surface area (Å²) >= 11 is 0. The van der Waals surface area contributed by atoms with E-state index in [1.165, 1.54) is 12.1 Å². The SMILES string of the molecule is [2H]c1cc(C([2H])([2H])C(C)(C)C)cc(C([2H])([2H])[2H])c1C. The first-order chi connectivity index (χ1) is 8.28. The van der Waals surface area contributed by atoms with Crippen LogP contribution < -0.4 is 0 Å². The molecule has 0 spiro atoms. The summed E-state index contributed by atoms with van der Waals surface area (Å²) < 4.78 is 46.7. The summed E-state index contributed by atoms with van der Waals surface area (Å²) in [6.45, 7) is 4.52. The van der Waals surface area contributed by atoms with Gasteiger partial charge in [0.2, 0.25) is 0 Å². The first kappa shape index (κ1) is 4.63. The summed E-state index contributed by atoms with van der Waals surface area (Å²) in [7, 11) is 0. The van der Waals surface area contributed by atoms with Crippen LogP contribution in [-0.2, 0) is 6.37 Å². The van der Waals surface area contributed by atoms with E-state index in [1.54, 1.807) is 27.7 Å². The van der Waals surface area contributed by atoms with Gasteiger partial charge in [-0.15, -0.1) is 0 Å². The second kappa shape index (κ2) is 3.53. The lowest BCUT2D eigenvalue weighted by Gasteiger charge is -2.18. The van der Waals surface area contributed by atoms with Crippen LogP contribution in [0.2, 0.25) is 0 Å². The van der Waals surface area contributed by atoms with Crippen LogP contribution >= 0.6 is 0 Å². The van der Waals surface area contributed by atoms with Crippen LogP contribution in [0.1, 0.15) is 45.7 Å². The van der Waals surface area contributed by atoms with Crippen molar-refractivity contribution in [2.24, 2.45) is 5.41 Å². The van der Waals surface area contributed by atoms with Gasteiger partial charge in [0.1, 0.15) is 0 Å². The van der Waals surface area contributed by atoms with Gasteiger partial charge in [-0.25, -0.2) is 0 Å². The minimum atomic E-state index is -2.33. The van der Waals surface area contributed by atoms with E-state index in [4.69, 9.17) is 8.22 Å². The van der Waals surface area contributed by atoms with E-state index >= 15 is 0 Å². The molecule has 0 fully saturated rings. The first-order valence-electron chi connectivity index (χ1n) is 7.40. The second-order valence-electron chi connectivity index (χ2n) is 4.30. The van der Waals surface area contributed by atoms with Gasteiger partial charge in [-0.05, 0) is 42.3 Å². The van der Waals surface area contributed by atoms with Gasteiger partial charge in [0.25, 0.3) is 0 Å². The molecule has 0 aliphatic carbocycles. The Morgan fingerprint density at radius 1 is 1.46 bits per heavy atom. The molecular weight excluding hydrogens is 156 g/mol. The van der Waals surface area contributed by atoms with E-state index in [9.17, 15) is 0 Å². The maximum absolute atomic E-state index is 8.19. The molecule has 0 unspecified atom stereocenters. The highest BCUT2D eigenvalue weighted by molar-refractivity contribution is 5.30. The number of aryl methyl sites for hydroxylation is 1. The highest BCUT2D eigenvalue weighted by atomic mass is 14.2. The summed E-state index contributed by atoms with van der Waals surface area (Å²) in [5.74, 6) is 0. The van der Waals surface area contributed by atoms with Crippen LogP contribution in [0.15, 0.2) is 18.2 Å². The minimum absolute atomic E-state index is 0.0584. The van der Waals surface area contributed by atoms with E-state index in [0.717, 1.165) is 0 Å². The van der Waals surface area contributed by atoms with Crippen LogP contribution in [-0.4, -0.2) is 0 Å². The standard InChI is InChI=1S/C13H20/c1-10-6-7-12(8-11(10)2)9-13(3,4)5/h6-8H,9H2,1-5H3/i2D3,6D,9D2. The van der Waals surface area contributed by atoms with Crippen LogP contribution in [0, 0.1) is 19.2 Å².